The number of hydrogen-bond donors (Lipinski definition) is 3. The number of rotatable bonds is 46. The maximum atomic E-state index is 12.6. The minimum absolute atomic E-state index is 0.0257. The molecule has 0 rings (SSSR count). The third-order valence-electron chi connectivity index (χ3n) is 10.6. The summed E-state index contributed by atoms with van der Waals surface area (Å²) in [7, 11) is -4.61. The average Bonchev–Trinajstić information content (AvgIpc) is 3.18. The normalized spacial score (nSPS) is 13.8. The van der Waals surface area contributed by atoms with Crippen molar-refractivity contribution in [3.8, 4) is 0 Å². The van der Waals surface area contributed by atoms with E-state index in [1.807, 2.05) is 0 Å². The Morgan fingerprint density at radius 3 is 1.18 bits per heavy atom. The number of unbranched alkanes of at least 4 members (excludes halogenated alkanes) is 32. The Labute approximate surface area is 344 Å². The average molecular weight is 820 g/mol. The molecule has 0 radical (unpaired) electrons. The molecule has 0 amide bonds. The predicted octanol–water partition coefficient (Wildman–Crippen LogP) is 13.2. The highest BCUT2D eigenvalue weighted by atomic mass is 31.2. The lowest BCUT2D eigenvalue weighted by Gasteiger charge is -2.20. The molecule has 0 spiro atoms. The Kier molecular flexibility index (Phi) is 41.3. The molecule has 334 valence electrons. The van der Waals surface area contributed by atoms with Crippen LogP contribution in [0.15, 0.2) is 0 Å². The minimum atomic E-state index is -4.61. The number of carbonyl (C=O) groups excluding carboxylic acids is 1. The van der Waals surface area contributed by atoms with E-state index in [0.29, 0.717) is 6.61 Å². The quantitative estimate of drug-likeness (QED) is 0.0307. The van der Waals surface area contributed by atoms with Crippen LogP contribution in [0.5, 0.6) is 0 Å². The Hall–Kier alpha value is -1.03. The second-order valence-electron chi connectivity index (χ2n) is 16.3. The molecule has 0 aromatic heterocycles. The maximum Gasteiger partial charge on any atom is 0.472 e. The monoisotopic (exact) mass is 820 g/mol. The van der Waals surface area contributed by atoms with Gasteiger partial charge in [0, 0.05) is 13.0 Å². The summed E-state index contributed by atoms with van der Waals surface area (Å²) in [5.74, 6) is -1.77. The van der Waals surface area contributed by atoms with Gasteiger partial charge in [0.05, 0.1) is 19.8 Å². The van der Waals surface area contributed by atoms with Gasteiger partial charge in [0.2, 0.25) is 0 Å². The van der Waals surface area contributed by atoms with Gasteiger partial charge in [0.25, 0.3) is 0 Å². The van der Waals surface area contributed by atoms with Crippen LogP contribution < -0.4 is 5.73 Å². The van der Waals surface area contributed by atoms with Crippen LogP contribution in [-0.2, 0) is 32.7 Å². The van der Waals surface area contributed by atoms with Crippen LogP contribution >= 0.6 is 7.82 Å². The number of esters is 1. The summed E-state index contributed by atoms with van der Waals surface area (Å²) in [6.45, 7) is 3.92. The molecule has 0 fully saturated rings. The van der Waals surface area contributed by atoms with Gasteiger partial charge in [-0.1, -0.05) is 219 Å². The molecular weight excluding hydrogens is 729 g/mol. The molecule has 3 unspecified atom stereocenters. The van der Waals surface area contributed by atoms with E-state index in [4.69, 9.17) is 29.4 Å². The van der Waals surface area contributed by atoms with Gasteiger partial charge in [-0.15, -0.1) is 0 Å². The van der Waals surface area contributed by atoms with Crippen molar-refractivity contribution in [1.29, 1.82) is 0 Å². The SMILES string of the molecule is CCCCCCCCCCCCCCCCCCCCCCCCCOCC(COP(=O)(O)OCC(N)C(=O)O)OC(=O)CCCCCCCCCCCCC. The van der Waals surface area contributed by atoms with Crippen LogP contribution in [0.2, 0.25) is 0 Å². The molecule has 0 bridgehead atoms. The molecule has 56 heavy (non-hydrogen) atoms. The van der Waals surface area contributed by atoms with Gasteiger partial charge in [0.15, 0.2) is 0 Å². The fourth-order valence-electron chi connectivity index (χ4n) is 6.96. The highest BCUT2D eigenvalue weighted by molar-refractivity contribution is 7.47. The smallest absolute Gasteiger partial charge is 0.472 e. The van der Waals surface area contributed by atoms with Gasteiger partial charge in [-0.25, -0.2) is 4.57 Å². The van der Waals surface area contributed by atoms with Crippen molar-refractivity contribution < 1.29 is 42.7 Å². The minimum Gasteiger partial charge on any atom is -0.480 e. The van der Waals surface area contributed by atoms with Crippen molar-refractivity contribution >= 4 is 19.8 Å². The first kappa shape index (κ1) is 55.0. The van der Waals surface area contributed by atoms with Crippen molar-refractivity contribution in [3.63, 3.8) is 0 Å². The lowest BCUT2D eigenvalue weighted by atomic mass is 10.0. The Morgan fingerprint density at radius 1 is 0.500 bits per heavy atom. The third kappa shape index (κ3) is 41.1. The molecule has 0 aromatic carbocycles. The van der Waals surface area contributed by atoms with Crippen molar-refractivity contribution in [3.05, 3.63) is 0 Å². The molecular formula is C45H90NO9P. The molecule has 0 saturated carbocycles. The molecule has 0 aliphatic heterocycles. The van der Waals surface area contributed by atoms with Crippen LogP contribution in [0.1, 0.15) is 239 Å². The zero-order valence-electron chi connectivity index (χ0n) is 36.5. The van der Waals surface area contributed by atoms with Crippen LogP contribution in [0.25, 0.3) is 0 Å². The fourth-order valence-corrected chi connectivity index (χ4v) is 7.74. The maximum absolute atomic E-state index is 12.6. The topological polar surface area (TPSA) is 155 Å². The number of phosphoric acid groups is 1. The third-order valence-corrected chi connectivity index (χ3v) is 11.6. The number of ether oxygens (including phenoxy) is 2. The van der Waals surface area contributed by atoms with E-state index in [2.05, 4.69) is 13.8 Å². The van der Waals surface area contributed by atoms with Crippen LogP contribution in [-0.4, -0.2) is 60.5 Å². The number of nitrogens with two attached hydrogens (primary N) is 1. The molecule has 0 heterocycles. The summed E-state index contributed by atoms with van der Waals surface area (Å²) in [6.07, 6.45) is 43.1. The molecule has 0 aliphatic rings. The van der Waals surface area contributed by atoms with Gasteiger partial charge in [-0.2, -0.15) is 0 Å². The highest BCUT2D eigenvalue weighted by Gasteiger charge is 2.27. The van der Waals surface area contributed by atoms with Gasteiger partial charge in [-0.3, -0.25) is 18.6 Å². The summed E-state index contributed by atoms with van der Waals surface area (Å²) >= 11 is 0. The lowest BCUT2D eigenvalue weighted by Crippen LogP contribution is -2.34. The van der Waals surface area contributed by atoms with Crippen molar-refractivity contribution in [2.75, 3.05) is 26.4 Å². The molecule has 10 nitrogen and oxygen atoms in total. The predicted molar refractivity (Wildman–Crippen MR) is 231 cm³/mol. The first-order valence-electron chi connectivity index (χ1n) is 23.6. The second-order valence-corrected chi connectivity index (χ2v) is 17.7. The number of carboxylic acids is 1. The van der Waals surface area contributed by atoms with Crippen LogP contribution in [0, 0.1) is 0 Å². The number of carbonyl (C=O) groups is 2. The standard InChI is InChI=1S/C45H90NO9P/c1-3-5-7-9-11-13-15-16-17-18-19-20-21-22-23-24-25-26-28-30-32-34-36-38-52-39-42(40-53-56(50,51)54-41-43(46)45(48)49)55-44(47)37-35-33-31-29-27-14-12-10-8-6-4-2/h42-43H,3-41,46H2,1-2H3,(H,48,49)(H,50,51). The fraction of sp³-hybridized carbons (Fsp3) is 0.956. The molecule has 4 N–H and O–H groups in total. The van der Waals surface area contributed by atoms with Crippen LogP contribution in [0.4, 0.5) is 0 Å². The van der Waals surface area contributed by atoms with Crippen molar-refractivity contribution in [1.82, 2.24) is 0 Å². The lowest BCUT2D eigenvalue weighted by molar-refractivity contribution is -0.154. The second kappa shape index (κ2) is 42.1. The number of phosphoric ester groups is 1. The number of carboxylic acid groups (broad SMARTS) is 1. The van der Waals surface area contributed by atoms with Gasteiger partial charge < -0.3 is 25.2 Å². The first-order chi connectivity index (χ1) is 27.2. The molecule has 0 saturated heterocycles. The number of hydrogen-bond acceptors (Lipinski definition) is 8. The molecule has 0 aromatic rings. The summed E-state index contributed by atoms with van der Waals surface area (Å²) in [5.41, 5.74) is 5.36. The van der Waals surface area contributed by atoms with Gasteiger partial charge in [-0.05, 0) is 12.8 Å². The van der Waals surface area contributed by atoms with E-state index in [1.54, 1.807) is 0 Å². The Bertz CT molecular complexity index is 909. The van der Waals surface area contributed by atoms with Gasteiger partial charge >= 0.3 is 19.8 Å². The van der Waals surface area contributed by atoms with Crippen molar-refractivity contribution in [2.45, 2.75) is 251 Å². The Balaban J connectivity index is 4.02. The summed E-state index contributed by atoms with van der Waals surface area (Å²) in [6, 6.07) is -1.47. The Morgan fingerprint density at radius 2 is 0.821 bits per heavy atom. The number of aliphatic carboxylic acids is 1. The summed E-state index contributed by atoms with van der Waals surface area (Å²) in [5, 5.41) is 8.89. The van der Waals surface area contributed by atoms with Crippen molar-refractivity contribution in [2.24, 2.45) is 5.73 Å². The zero-order valence-corrected chi connectivity index (χ0v) is 37.4. The zero-order chi connectivity index (χ0) is 41.2. The van der Waals surface area contributed by atoms with Crippen LogP contribution in [0.3, 0.4) is 0 Å². The summed E-state index contributed by atoms with van der Waals surface area (Å²) in [4.78, 5) is 33.5. The van der Waals surface area contributed by atoms with E-state index in [9.17, 15) is 19.0 Å². The highest BCUT2D eigenvalue weighted by Crippen LogP contribution is 2.43. The largest absolute Gasteiger partial charge is 0.480 e. The molecule has 0 aliphatic carbocycles. The first-order valence-corrected chi connectivity index (χ1v) is 25.1. The van der Waals surface area contributed by atoms with Gasteiger partial charge in [0.1, 0.15) is 12.1 Å². The van der Waals surface area contributed by atoms with E-state index in [-0.39, 0.29) is 13.0 Å². The molecule has 11 heteroatoms. The van der Waals surface area contributed by atoms with E-state index in [0.717, 1.165) is 38.5 Å². The molecule has 3 atom stereocenters. The van der Waals surface area contributed by atoms with E-state index >= 15 is 0 Å². The van der Waals surface area contributed by atoms with E-state index < -0.39 is 45.1 Å². The van der Waals surface area contributed by atoms with E-state index in [1.165, 1.54) is 180 Å². The summed E-state index contributed by atoms with van der Waals surface area (Å²) < 4.78 is 33.4.